The molecule has 116 valence electrons. The number of carbonyl (C=O) groups is 1. The molecule has 2 fully saturated rings. The van der Waals surface area contributed by atoms with Crippen molar-refractivity contribution in [2.75, 3.05) is 26.2 Å². The third kappa shape index (κ3) is 5.73. The Labute approximate surface area is 136 Å². The van der Waals surface area contributed by atoms with Crippen LogP contribution in [0.25, 0.3) is 0 Å². The normalized spacial score (nSPS) is 28.1. The monoisotopic (exact) mass is 394 g/mol. The lowest BCUT2D eigenvalue weighted by Gasteiger charge is -2.29. The molecule has 0 aromatic carbocycles. The molecular formula is C14H27IN4O. The molecule has 5 nitrogen and oxygen atoms in total. The van der Waals surface area contributed by atoms with Crippen LogP contribution in [0.4, 0.5) is 4.79 Å². The van der Waals surface area contributed by atoms with Crippen molar-refractivity contribution in [1.29, 1.82) is 0 Å². The topological polar surface area (TPSA) is 56.4 Å². The Morgan fingerprint density at radius 1 is 1.05 bits per heavy atom. The summed E-state index contributed by atoms with van der Waals surface area (Å²) in [4.78, 5) is 14.3. The molecular weight excluding hydrogens is 367 g/mol. The molecule has 2 aliphatic rings. The molecule has 0 unspecified atom stereocenters. The highest BCUT2D eigenvalue weighted by Gasteiger charge is 2.21. The molecule has 2 amide bonds. The molecule has 1 heterocycles. The standard InChI is InChI=1S/C14H27IN4O/c15-18-13-6-4-12(5-7-13)17-14(20)16-8-11-19-9-2-1-3-10-19/h12-13,18H,1-11H2,(H2,16,17,20)/t12-,13-. The molecule has 1 aliphatic heterocycles. The van der Waals surface area contributed by atoms with Crippen molar-refractivity contribution in [2.24, 2.45) is 0 Å². The summed E-state index contributed by atoms with van der Waals surface area (Å²) in [6, 6.07) is 0.981. The number of urea groups is 1. The number of hydrogen-bond donors (Lipinski definition) is 3. The highest BCUT2D eigenvalue weighted by Crippen LogP contribution is 2.19. The van der Waals surface area contributed by atoms with Gasteiger partial charge in [-0.15, -0.1) is 0 Å². The second-order valence-corrected chi connectivity index (χ2v) is 6.58. The van der Waals surface area contributed by atoms with Gasteiger partial charge in [0.1, 0.15) is 0 Å². The van der Waals surface area contributed by atoms with Gasteiger partial charge in [0, 0.05) is 48.0 Å². The minimum Gasteiger partial charge on any atom is -0.337 e. The van der Waals surface area contributed by atoms with Crippen LogP contribution in [0.2, 0.25) is 0 Å². The van der Waals surface area contributed by atoms with Crippen molar-refractivity contribution in [2.45, 2.75) is 57.0 Å². The molecule has 1 aliphatic carbocycles. The van der Waals surface area contributed by atoms with Crippen molar-refractivity contribution < 1.29 is 4.79 Å². The lowest BCUT2D eigenvalue weighted by atomic mass is 9.92. The summed E-state index contributed by atoms with van der Waals surface area (Å²) in [7, 11) is 0. The summed E-state index contributed by atoms with van der Waals surface area (Å²) in [6.45, 7) is 4.13. The summed E-state index contributed by atoms with van der Waals surface area (Å²) in [6.07, 6.45) is 8.45. The van der Waals surface area contributed by atoms with E-state index in [-0.39, 0.29) is 6.03 Å². The third-order valence-corrected chi connectivity index (χ3v) is 5.26. The zero-order chi connectivity index (χ0) is 14.2. The molecule has 0 spiro atoms. The van der Waals surface area contributed by atoms with Crippen LogP contribution < -0.4 is 14.2 Å². The van der Waals surface area contributed by atoms with E-state index >= 15 is 0 Å². The lowest BCUT2D eigenvalue weighted by molar-refractivity contribution is 0.216. The van der Waals surface area contributed by atoms with Crippen LogP contribution in [0.1, 0.15) is 44.9 Å². The number of amides is 2. The van der Waals surface area contributed by atoms with Crippen LogP contribution in [0.3, 0.4) is 0 Å². The minimum absolute atomic E-state index is 0.00731. The maximum atomic E-state index is 11.8. The van der Waals surface area contributed by atoms with Gasteiger partial charge in [-0.2, -0.15) is 0 Å². The number of hydrogen-bond acceptors (Lipinski definition) is 3. The minimum atomic E-state index is 0.00731. The van der Waals surface area contributed by atoms with Gasteiger partial charge in [-0.3, -0.25) is 3.53 Å². The van der Waals surface area contributed by atoms with Gasteiger partial charge < -0.3 is 15.5 Å². The Kier molecular flexibility index (Phi) is 7.37. The quantitative estimate of drug-likeness (QED) is 0.494. The van der Waals surface area contributed by atoms with Gasteiger partial charge in [-0.05, 0) is 51.6 Å². The maximum absolute atomic E-state index is 11.8. The zero-order valence-electron chi connectivity index (χ0n) is 12.2. The van der Waals surface area contributed by atoms with Gasteiger partial charge in [0.15, 0.2) is 0 Å². The average molecular weight is 394 g/mol. The molecule has 0 atom stereocenters. The van der Waals surface area contributed by atoms with Crippen LogP contribution in [0.5, 0.6) is 0 Å². The van der Waals surface area contributed by atoms with Crippen molar-refractivity contribution in [3.63, 3.8) is 0 Å². The van der Waals surface area contributed by atoms with Gasteiger partial charge in [0.05, 0.1) is 0 Å². The Morgan fingerprint density at radius 3 is 2.35 bits per heavy atom. The molecule has 0 aromatic rings. The molecule has 3 N–H and O–H groups in total. The van der Waals surface area contributed by atoms with E-state index in [4.69, 9.17) is 0 Å². The number of likely N-dealkylation sites (tertiary alicyclic amines) is 1. The Hall–Kier alpha value is -0.0800. The van der Waals surface area contributed by atoms with Crippen molar-refractivity contribution >= 4 is 28.9 Å². The van der Waals surface area contributed by atoms with E-state index in [0.717, 1.165) is 38.8 Å². The summed E-state index contributed by atoms with van der Waals surface area (Å²) in [5.41, 5.74) is 0. The first-order valence-corrected chi connectivity index (χ1v) is 8.98. The predicted molar refractivity (Wildman–Crippen MR) is 90.0 cm³/mol. The van der Waals surface area contributed by atoms with E-state index in [2.05, 4.69) is 41.9 Å². The number of nitrogens with zero attached hydrogens (tertiary/aromatic N) is 1. The molecule has 1 saturated heterocycles. The Balaban J connectivity index is 1.54. The van der Waals surface area contributed by atoms with Crippen LogP contribution in [0, 0.1) is 0 Å². The lowest BCUT2D eigenvalue weighted by Crippen LogP contribution is -2.47. The number of halogens is 1. The first-order valence-electron chi connectivity index (χ1n) is 7.91. The molecule has 6 heteroatoms. The van der Waals surface area contributed by atoms with Crippen molar-refractivity contribution in [1.82, 2.24) is 19.1 Å². The van der Waals surface area contributed by atoms with E-state index in [1.165, 1.54) is 32.4 Å². The maximum Gasteiger partial charge on any atom is 0.315 e. The van der Waals surface area contributed by atoms with Crippen LogP contribution >= 0.6 is 22.9 Å². The molecule has 0 bridgehead atoms. The summed E-state index contributed by atoms with van der Waals surface area (Å²) in [5, 5.41) is 6.10. The first-order chi connectivity index (χ1) is 9.78. The molecule has 20 heavy (non-hydrogen) atoms. The van der Waals surface area contributed by atoms with Gasteiger partial charge in [-0.1, -0.05) is 6.42 Å². The van der Waals surface area contributed by atoms with Crippen LogP contribution in [-0.2, 0) is 0 Å². The fourth-order valence-electron chi connectivity index (χ4n) is 3.09. The number of rotatable bonds is 5. The average Bonchev–Trinajstić information content (AvgIpc) is 2.49. The zero-order valence-corrected chi connectivity index (χ0v) is 14.3. The molecule has 0 radical (unpaired) electrons. The number of piperidine rings is 1. The van der Waals surface area contributed by atoms with Gasteiger partial charge >= 0.3 is 6.03 Å². The van der Waals surface area contributed by atoms with Gasteiger partial charge in [0.25, 0.3) is 0 Å². The van der Waals surface area contributed by atoms with E-state index in [9.17, 15) is 4.79 Å². The van der Waals surface area contributed by atoms with Gasteiger partial charge in [-0.25, -0.2) is 4.79 Å². The summed E-state index contributed by atoms with van der Waals surface area (Å²) >= 11 is 2.22. The second-order valence-electron chi connectivity index (χ2n) is 5.96. The van der Waals surface area contributed by atoms with E-state index in [1.807, 2.05) is 0 Å². The SMILES string of the molecule is O=C(NCCN1CCCCC1)N[C@H]1CC[C@H](NI)CC1. The largest absolute Gasteiger partial charge is 0.337 e. The predicted octanol–water partition coefficient (Wildman–Crippen LogP) is 2.02. The molecule has 0 aromatic heterocycles. The first kappa shape index (κ1) is 16.3. The number of carbonyl (C=O) groups excluding carboxylic acids is 1. The van der Waals surface area contributed by atoms with E-state index < -0.39 is 0 Å². The van der Waals surface area contributed by atoms with E-state index in [0.29, 0.717) is 12.1 Å². The molecule has 2 rings (SSSR count). The highest BCUT2D eigenvalue weighted by atomic mass is 127. The summed E-state index contributed by atoms with van der Waals surface area (Å²) in [5.74, 6) is 0. The smallest absolute Gasteiger partial charge is 0.315 e. The van der Waals surface area contributed by atoms with Crippen molar-refractivity contribution in [3.8, 4) is 0 Å². The highest BCUT2D eigenvalue weighted by molar-refractivity contribution is 14.1. The fraction of sp³-hybridized carbons (Fsp3) is 0.929. The third-order valence-electron chi connectivity index (χ3n) is 4.38. The van der Waals surface area contributed by atoms with Crippen LogP contribution in [-0.4, -0.2) is 49.2 Å². The van der Waals surface area contributed by atoms with Gasteiger partial charge in [0.2, 0.25) is 0 Å². The van der Waals surface area contributed by atoms with Crippen LogP contribution in [0.15, 0.2) is 0 Å². The Bertz CT molecular complexity index is 289. The molecule has 1 saturated carbocycles. The van der Waals surface area contributed by atoms with Crippen molar-refractivity contribution in [3.05, 3.63) is 0 Å². The van der Waals surface area contributed by atoms with E-state index in [1.54, 1.807) is 0 Å². The summed E-state index contributed by atoms with van der Waals surface area (Å²) < 4.78 is 3.28. The second kappa shape index (κ2) is 9.04. The number of nitrogens with one attached hydrogen (secondary N) is 3. The fourth-order valence-corrected chi connectivity index (χ4v) is 3.72. The Morgan fingerprint density at radius 2 is 1.70 bits per heavy atom.